The molecule has 0 aliphatic carbocycles. The fraction of sp³-hybridized carbons (Fsp3) is 0.188. The van der Waals surface area contributed by atoms with Gasteiger partial charge in [0.25, 0.3) is 5.91 Å². The third kappa shape index (κ3) is 4.19. The summed E-state index contributed by atoms with van der Waals surface area (Å²) < 4.78 is 9.83. The second-order valence-corrected chi connectivity index (χ2v) is 4.61. The first-order valence-electron chi connectivity index (χ1n) is 6.89. The monoisotopic (exact) mass is 315 g/mol. The lowest BCUT2D eigenvalue weighted by molar-refractivity contribution is -0.116. The number of carbonyl (C=O) groups excluding carboxylic acids is 2. The molecule has 0 saturated carbocycles. The summed E-state index contributed by atoms with van der Waals surface area (Å²) in [5.74, 6) is 0.0309. The number of hydrogen-bond acceptors (Lipinski definition) is 5. The van der Waals surface area contributed by atoms with Crippen LogP contribution < -0.4 is 10.1 Å². The van der Waals surface area contributed by atoms with Crippen molar-refractivity contribution in [3.8, 4) is 5.75 Å². The van der Waals surface area contributed by atoms with Crippen LogP contribution >= 0.6 is 0 Å². The molecule has 23 heavy (non-hydrogen) atoms. The molecular formula is C16H17N3O4. The Balaban J connectivity index is 2.12. The lowest BCUT2D eigenvalue weighted by Gasteiger charge is -2.21. The fourth-order valence-electron chi connectivity index (χ4n) is 2.00. The van der Waals surface area contributed by atoms with Crippen LogP contribution in [0.3, 0.4) is 0 Å². The third-order valence-corrected chi connectivity index (χ3v) is 3.01. The average Bonchev–Trinajstić information content (AvgIpc) is 3.06. The van der Waals surface area contributed by atoms with Gasteiger partial charge in [-0.2, -0.15) is 0 Å². The number of rotatable bonds is 7. The lowest BCUT2D eigenvalue weighted by Crippen LogP contribution is -2.38. The lowest BCUT2D eigenvalue weighted by atomic mass is 10.1. The highest BCUT2D eigenvalue weighted by Crippen LogP contribution is 2.19. The van der Waals surface area contributed by atoms with E-state index in [1.807, 2.05) is 0 Å². The molecule has 1 N–H and O–H groups in total. The van der Waals surface area contributed by atoms with Gasteiger partial charge in [-0.05, 0) is 12.1 Å². The summed E-state index contributed by atoms with van der Waals surface area (Å²) in [4.78, 5) is 26.0. The van der Waals surface area contributed by atoms with Crippen LogP contribution in [0.4, 0.5) is 5.82 Å². The number of benzene rings is 1. The van der Waals surface area contributed by atoms with Crippen molar-refractivity contribution < 1.29 is 18.8 Å². The van der Waals surface area contributed by atoms with E-state index in [0.29, 0.717) is 17.1 Å². The van der Waals surface area contributed by atoms with Gasteiger partial charge in [-0.1, -0.05) is 23.4 Å². The molecular weight excluding hydrogens is 298 g/mol. The molecule has 0 radical (unpaired) electrons. The Morgan fingerprint density at radius 3 is 2.83 bits per heavy atom. The Kier molecular flexibility index (Phi) is 5.51. The van der Waals surface area contributed by atoms with Crippen LogP contribution in [0, 0.1) is 0 Å². The Morgan fingerprint density at radius 2 is 2.17 bits per heavy atom. The van der Waals surface area contributed by atoms with Crippen molar-refractivity contribution in [1.82, 2.24) is 10.1 Å². The van der Waals surface area contributed by atoms with E-state index < -0.39 is 0 Å². The molecule has 0 aliphatic heterocycles. The van der Waals surface area contributed by atoms with Gasteiger partial charge in [0.15, 0.2) is 5.82 Å². The number of amides is 2. The predicted molar refractivity (Wildman–Crippen MR) is 84.2 cm³/mol. The molecule has 0 bridgehead atoms. The molecule has 1 aromatic heterocycles. The Morgan fingerprint density at radius 1 is 1.39 bits per heavy atom. The minimum Gasteiger partial charge on any atom is -0.496 e. The standard InChI is InChI=1S/C16H17N3O4/c1-3-9-19(11-15(20)17-14-8-10-23-18-14)16(21)12-6-4-5-7-13(12)22-2/h3-8,10H,1,9,11H2,2H3,(H,17,18,20). The predicted octanol–water partition coefficient (Wildman–Crippen LogP) is 1.95. The van der Waals surface area contributed by atoms with E-state index in [9.17, 15) is 9.59 Å². The zero-order valence-electron chi connectivity index (χ0n) is 12.7. The molecule has 0 spiro atoms. The Bertz CT molecular complexity index is 682. The first-order valence-corrected chi connectivity index (χ1v) is 6.89. The minimum atomic E-state index is -0.385. The Labute approximate surface area is 133 Å². The van der Waals surface area contributed by atoms with Gasteiger partial charge in [0.2, 0.25) is 5.91 Å². The van der Waals surface area contributed by atoms with Gasteiger partial charge in [0, 0.05) is 12.6 Å². The highest BCUT2D eigenvalue weighted by atomic mass is 16.5. The van der Waals surface area contributed by atoms with Crippen molar-refractivity contribution in [3.63, 3.8) is 0 Å². The highest BCUT2D eigenvalue weighted by Gasteiger charge is 2.21. The minimum absolute atomic E-state index is 0.143. The molecule has 2 amide bonds. The van der Waals surface area contributed by atoms with Gasteiger partial charge in [0.05, 0.1) is 12.7 Å². The molecule has 1 aromatic carbocycles. The van der Waals surface area contributed by atoms with Crippen LogP contribution in [0.25, 0.3) is 0 Å². The maximum absolute atomic E-state index is 12.6. The van der Waals surface area contributed by atoms with E-state index in [4.69, 9.17) is 4.74 Å². The maximum atomic E-state index is 12.6. The van der Waals surface area contributed by atoms with Crippen LogP contribution in [0.1, 0.15) is 10.4 Å². The largest absolute Gasteiger partial charge is 0.496 e. The zero-order valence-corrected chi connectivity index (χ0v) is 12.7. The molecule has 7 nitrogen and oxygen atoms in total. The van der Waals surface area contributed by atoms with Crippen LogP contribution in [-0.2, 0) is 4.79 Å². The smallest absolute Gasteiger partial charge is 0.258 e. The summed E-state index contributed by atoms with van der Waals surface area (Å²) in [6, 6.07) is 8.35. The summed E-state index contributed by atoms with van der Waals surface area (Å²) in [7, 11) is 1.49. The normalized spacial score (nSPS) is 9.96. The van der Waals surface area contributed by atoms with Crippen molar-refractivity contribution in [1.29, 1.82) is 0 Å². The molecule has 0 unspecified atom stereocenters. The van der Waals surface area contributed by atoms with E-state index in [-0.39, 0.29) is 24.9 Å². The molecule has 1 heterocycles. The van der Waals surface area contributed by atoms with Crippen molar-refractivity contribution in [3.05, 3.63) is 54.8 Å². The van der Waals surface area contributed by atoms with Gasteiger partial charge < -0.3 is 19.5 Å². The number of carbonyl (C=O) groups is 2. The third-order valence-electron chi connectivity index (χ3n) is 3.01. The van der Waals surface area contributed by atoms with Gasteiger partial charge >= 0.3 is 0 Å². The molecule has 0 aliphatic rings. The number of anilines is 1. The summed E-state index contributed by atoms with van der Waals surface area (Å²) in [5.41, 5.74) is 0.381. The first-order chi connectivity index (χ1) is 11.2. The zero-order chi connectivity index (χ0) is 16.7. The van der Waals surface area contributed by atoms with E-state index in [1.165, 1.54) is 24.3 Å². The summed E-state index contributed by atoms with van der Waals surface area (Å²) in [5, 5.41) is 6.13. The average molecular weight is 315 g/mol. The van der Waals surface area contributed by atoms with Crippen molar-refractivity contribution in [2.24, 2.45) is 0 Å². The first kappa shape index (κ1) is 16.3. The number of aromatic nitrogens is 1. The molecule has 0 atom stereocenters. The van der Waals surface area contributed by atoms with Crippen LogP contribution in [0.15, 0.2) is 53.8 Å². The van der Waals surface area contributed by atoms with E-state index in [2.05, 4.69) is 21.6 Å². The SMILES string of the molecule is C=CCN(CC(=O)Nc1ccon1)C(=O)c1ccccc1OC. The topological polar surface area (TPSA) is 84.7 Å². The van der Waals surface area contributed by atoms with Gasteiger partial charge in [-0.25, -0.2) is 0 Å². The van der Waals surface area contributed by atoms with Crippen LogP contribution in [0.5, 0.6) is 5.75 Å². The number of nitrogens with one attached hydrogen (secondary N) is 1. The van der Waals surface area contributed by atoms with Gasteiger partial charge in [0.1, 0.15) is 18.6 Å². The quantitative estimate of drug-likeness (QED) is 0.789. The number of methoxy groups -OCH3 is 1. The van der Waals surface area contributed by atoms with Crippen LogP contribution in [0.2, 0.25) is 0 Å². The molecule has 0 fully saturated rings. The fourth-order valence-corrected chi connectivity index (χ4v) is 2.00. The number of nitrogens with zero attached hydrogens (tertiary/aromatic N) is 2. The molecule has 7 heteroatoms. The van der Waals surface area contributed by atoms with E-state index >= 15 is 0 Å². The van der Waals surface area contributed by atoms with Gasteiger partial charge in [-0.15, -0.1) is 6.58 Å². The second-order valence-electron chi connectivity index (χ2n) is 4.61. The second kappa shape index (κ2) is 7.79. The number of ether oxygens (including phenoxy) is 1. The number of hydrogen-bond donors (Lipinski definition) is 1. The van der Waals surface area contributed by atoms with Crippen molar-refractivity contribution >= 4 is 17.6 Å². The summed E-state index contributed by atoms with van der Waals surface area (Å²) >= 11 is 0. The van der Waals surface area contributed by atoms with E-state index in [1.54, 1.807) is 30.3 Å². The van der Waals surface area contributed by atoms with Gasteiger partial charge in [-0.3, -0.25) is 9.59 Å². The number of para-hydroxylation sites is 1. The molecule has 2 aromatic rings. The van der Waals surface area contributed by atoms with Crippen molar-refractivity contribution in [2.75, 3.05) is 25.5 Å². The molecule has 120 valence electrons. The molecule has 0 saturated heterocycles. The highest BCUT2D eigenvalue weighted by molar-refractivity contribution is 6.00. The Hall–Kier alpha value is -3.09. The summed E-state index contributed by atoms with van der Waals surface area (Å²) in [6.07, 6.45) is 2.90. The van der Waals surface area contributed by atoms with E-state index in [0.717, 1.165) is 0 Å². The van der Waals surface area contributed by atoms with Crippen molar-refractivity contribution in [2.45, 2.75) is 0 Å². The maximum Gasteiger partial charge on any atom is 0.258 e. The summed E-state index contributed by atoms with van der Waals surface area (Å²) in [6.45, 7) is 3.70. The van der Waals surface area contributed by atoms with Crippen LogP contribution in [-0.4, -0.2) is 42.1 Å². The molecule has 2 rings (SSSR count).